The number of likely N-dealkylation sites (tertiary alicyclic amines) is 1. The highest BCUT2D eigenvalue weighted by Gasteiger charge is 2.29. The molecule has 0 aliphatic carbocycles. The van der Waals surface area contributed by atoms with Gasteiger partial charge in [0.2, 0.25) is 0 Å². The van der Waals surface area contributed by atoms with Gasteiger partial charge in [-0.15, -0.1) is 0 Å². The Kier molecular flexibility index (Phi) is 4.55. The summed E-state index contributed by atoms with van der Waals surface area (Å²) < 4.78 is 54.0. The van der Waals surface area contributed by atoms with Crippen LogP contribution >= 0.6 is 0 Å². The second-order valence-electron chi connectivity index (χ2n) is 5.27. The van der Waals surface area contributed by atoms with E-state index in [1.165, 1.54) is 7.05 Å². The van der Waals surface area contributed by atoms with Gasteiger partial charge in [0.15, 0.2) is 23.3 Å². The van der Waals surface area contributed by atoms with Gasteiger partial charge in [-0.3, -0.25) is 4.90 Å². The van der Waals surface area contributed by atoms with Gasteiger partial charge in [0.25, 0.3) is 0 Å². The lowest BCUT2D eigenvalue weighted by atomic mass is 9.91. The Balaban J connectivity index is 2.63. The van der Waals surface area contributed by atoms with Crippen LogP contribution in [0.1, 0.15) is 18.9 Å². The Bertz CT molecular complexity index is 655. The molecule has 2 N–H and O–H groups in total. The zero-order valence-corrected chi connectivity index (χ0v) is 12.5. The molecule has 1 aromatic carbocycles. The van der Waals surface area contributed by atoms with E-state index in [1.807, 2.05) is 18.9 Å². The van der Waals surface area contributed by atoms with Crippen LogP contribution < -0.4 is 5.32 Å². The molecule has 7 heteroatoms. The van der Waals surface area contributed by atoms with Crippen molar-refractivity contribution in [2.45, 2.75) is 19.4 Å². The van der Waals surface area contributed by atoms with E-state index in [0.717, 1.165) is 0 Å². The largest absolute Gasteiger partial charge is 0.387 e. The van der Waals surface area contributed by atoms with Crippen molar-refractivity contribution < 1.29 is 17.6 Å². The minimum atomic E-state index is -1.85. The molecular formula is C15H17F4N3. The average Bonchev–Trinajstić information content (AvgIpc) is 2.50. The first-order valence-electron chi connectivity index (χ1n) is 6.82. The maximum absolute atomic E-state index is 14.0. The van der Waals surface area contributed by atoms with E-state index >= 15 is 0 Å². The van der Waals surface area contributed by atoms with Gasteiger partial charge in [0.05, 0.1) is 5.71 Å². The number of benzene rings is 1. The van der Waals surface area contributed by atoms with Gasteiger partial charge in [-0.1, -0.05) is 0 Å². The standard InChI is InChI=1S/C15H17F4N3/c1-7-14(20)8(4-5-22(7)3)15(21-2)9-6-10(16)12(18)13(19)11(9)17/h6-7,20-21H,4-5H2,1-3H3/b15-8-,20-14?. The highest BCUT2D eigenvalue weighted by atomic mass is 19.2. The third kappa shape index (κ3) is 2.61. The number of rotatable bonds is 2. The molecule has 2 rings (SSSR count). The van der Waals surface area contributed by atoms with Crippen molar-refractivity contribution in [3.8, 4) is 0 Å². The van der Waals surface area contributed by atoms with Gasteiger partial charge < -0.3 is 10.7 Å². The van der Waals surface area contributed by atoms with Gasteiger partial charge >= 0.3 is 0 Å². The summed E-state index contributed by atoms with van der Waals surface area (Å²) in [6.07, 6.45) is 0.426. The molecule has 0 amide bonds. The van der Waals surface area contributed by atoms with Crippen LogP contribution in [0.25, 0.3) is 5.70 Å². The summed E-state index contributed by atoms with van der Waals surface area (Å²) in [5, 5.41) is 10.9. The van der Waals surface area contributed by atoms with Crippen LogP contribution in [0.5, 0.6) is 0 Å². The highest BCUT2D eigenvalue weighted by molar-refractivity contribution is 6.07. The van der Waals surface area contributed by atoms with E-state index in [0.29, 0.717) is 24.6 Å². The quantitative estimate of drug-likeness (QED) is 0.500. The van der Waals surface area contributed by atoms with Crippen molar-refractivity contribution in [1.29, 1.82) is 5.41 Å². The summed E-state index contributed by atoms with van der Waals surface area (Å²) in [6.45, 7) is 2.44. The van der Waals surface area contributed by atoms with Crippen LogP contribution in [0, 0.1) is 28.7 Å². The maximum atomic E-state index is 14.0. The first-order chi connectivity index (χ1) is 10.3. The molecule has 3 nitrogen and oxygen atoms in total. The lowest BCUT2D eigenvalue weighted by Gasteiger charge is -2.33. The molecule has 22 heavy (non-hydrogen) atoms. The number of nitrogens with zero attached hydrogens (tertiary/aromatic N) is 1. The zero-order chi connectivity index (χ0) is 16.6. The van der Waals surface area contributed by atoms with E-state index in [-0.39, 0.29) is 17.5 Å². The van der Waals surface area contributed by atoms with Crippen molar-refractivity contribution in [3.63, 3.8) is 0 Å². The third-order valence-corrected chi connectivity index (χ3v) is 4.04. The maximum Gasteiger partial charge on any atom is 0.198 e. The SMILES string of the molecule is CN/C(=C1/CCN(C)C(C)C1=N)c1cc(F)c(F)c(F)c1F. The van der Waals surface area contributed by atoms with Gasteiger partial charge in [-0.05, 0) is 32.0 Å². The van der Waals surface area contributed by atoms with E-state index in [1.54, 1.807) is 0 Å². The molecule has 1 unspecified atom stereocenters. The molecule has 1 heterocycles. The number of hydrogen-bond donors (Lipinski definition) is 2. The molecule has 1 aromatic rings. The van der Waals surface area contributed by atoms with Crippen molar-refractivity contribution in [1.82, 2.24) is 10.2 Å². The minimum absolute atomic E-state index is 0.111. The summed E-state index contributed by atoms with van der Waals surface area (Å²) in [5.74, 6) is -6.62. The summed E-state index contributed by atoms with van der Waals surface area (Å²) in [7, 11) is 3.32. The molecular weight excluding hydrogens is 298 g/mol. The van der Waals surface area contributed by atoms with E-state index in [9.17, 15) is 17.6 Å². The fourth-order valence-electron chi connectivity index (χ4n) is 2.55. The second kappa shape index (κ2) is 6.08. The molecule has 0 saturated carbocycles. The van der Waals surface area contributed by atoms with Crippen molar-refractivity contribution >= 4 is 11.4 Å². The molecule has 1 saturated heterocycles. The van der Waals surface area contributed by atoms with Crippen LogP contribution in [0.4, 0.5) is 17.6 Å². The predicted octanol–water partition coefficient (Wildman–Crippen LogP) is 2.92. The van der Waals surface area contributed by atoms with Gasteiger partial charge in [0, 0.05) is 30.9 Å². The van der Waals surface area contributed by atoms with Crippen LogP contribution in [0.3, 0.4) is 0 Å². The third-order valence-electron chi connectivity index (χ3n) is 4.04. The fourth-order valence-corrected chi connectivity index (χ4v) is 2.55. The lowest BCUT2D eigenvalue weighted by Crippen LogP contribution is -2.42. The molecule has 0 spiro atoms. The van der Waals surface area contributed by atoms with Crippen molar-refractivity contribution in [2.75, 3.05) is 20.6 Å². The summed E-state index contributed by atoms with van der Waals surface area (Å²) in [6, 6.07) is 0.411. The molecule has 0 radical (unpaired) electrons. The Morgan fingerprint density at radius 1 is 1.23 bits per heavy atom. The van der Waals surface area contributed by atoms with Crippen molar-refractivity contribution in [2.24, 2.45) is 0 Å². The molecule has 1 aliphatic heterocycles. The average molecular weight is 315 g/mol. The van der Waals surface area contributed by atoms with Crippen molar-refractivity contribution in [3.05, 3.63) is 40.5 Å². The lowest BCUT2D eigenvalue weighted by molar-refractivity contribution is 0.302. The monoisotopic (exact) mass is 315 g/mol. The van der Waals surface area contributed by atoms with E-state index in [4.69, 9.17) is 5.41 Å². The Morgan fingerprint density at radius 3 is 2.45 bits per heavy atom. The topological polar surface area (TPSA) is 39.1 Å². The van der Waals surface area contributed by atoms with Crippen LogP contribution in [0.2, 0.25) is 0 Å². The van der Waals surface area contributed by atoms with E-state index in [2.05, 4.69) is 5.32 Å². The minimum Gasteiger partial charge on any atom is -0.387 e. The molecule has 0 bridgehead atoms. The first-order valence-corrected chi connectivity index (χ1v) is 6.82. The number of halogens is 4. The summed E-state index contributed by atoms with van der Waals surface area (Å²) >= 11 is 0. The Labute approximate surface area is 126 Å². The Hall–Kier alpha value is -1.89. The summed E-state index contributed by atoms with van der Waals surface area (Å²) in [5.41, 5.74) is 0.413. The predicted molar refractivity (Wildman–Crippen MR) is 76.7 cm³/mol. The zero-order valence-electron chi connectivity index (χ0n) is 12.5. The van der Waals surface area contributed by atoms with Crippen LogP contribution in [-0.4, -0.2) is 37.3 Å². The first kappa shape index (κ1) is 16.5. The number of nitrogens with one attached hydrogen (secondary N) is 2. The van der Waals surface area contributed by atoms with E-state index < -0.39 is 28.8 Å². The molecule has 1 aliphatic rings. The number of hydrogen-bond acceptors (Lipinski definition) is 3. The van der Waals surface area contributed by atoms with Crippen LogP contribution in [0.15, 0.2) is 11.6 Å². The fraction of sp³-hybridized carbons (Fsp3) is 0.400. The smallest absolute Gasteiger partial charge is 0.198 e. The van der Waals surface area contributed by atoms with Gasteiger partial charge in [-0.25, -0.2) is 17.6 Å². The second-order valence-corrected chi connectivity index (χ2v) is 5.27. The highest BCUT2D eigenvalue weighted by Crippen LogP contribution is 2.29. The van der Waals surface area contributed by atoms with Gasteiger partial charge in [0.1, 0.15) is 0 Å². The number of piperidine rings is 1. The Morgan fingerprint density at radius 2 is 1.86 bits per heavy atom. The van der Waals surface area contributed by atoms with Crippen LogP contribution in [-0.2, 0) is 0 Å². The molecule has 1 fully saturated rings. The summed E-state index contributed by atoms with van der Waals surface area (Å²) in [4.78, 5) is 1.95. The molecule has 0 aromatic heterocycles. The van der Waals surface area contributed by atoms with Gasteiger partial charge in [-0.2, -0.15) is 0 Å². The molecule has 1 atom stereocenters. The normalized spacial score (nSPS) is 22.0. The molecule has 120 valence electrons.